The maximum Gasteiger partial charge on any atom is 0.137 e. The first-order valence-electron chi connectivity index (χ1n) is 5.48. The Bertz CT molecular complexity index is 238. The largest absolute Gasteiger partial charge is 0.380 e. The highest BCUT2D eigenvalue weighted by Gasteiger charge is 2.00. The number of hydrogen-bond acceptors (Lipinski definition) is 4. The second-order valence-corrected chi connectivity index (χ2v) is 3.55. The van der Waals surface area contributed by atoms with Crippen LogP contribution in [0.3, 0.4) is 0 Å². The molecule has 0 aliphatic carbocycles. The molecule has 1 aromatic heterocycles. The zero-order valence-electron chi connectivity index (χ0n) is 9.49. The van der Waals surface area contributed by atoms with E-state index in [2.05, 4.69) is 27.4 Å². The lowest BCUT2D eigenvalue weighted by Crippen LogP contribution is -2.31. The van der Waals surface area contributed by atoms with Gasteiger partial charge < -0.3 is 10.1 Å². The van der Waals surface area contributed by atoms with Crippen molar-refractivity contribution >= 4 is 0 Å². The van der Waals surface area contributed by atoms with Gasteiger partial charge in [0.25, 0.3) is 0 Å². The van der Waals surface area contributed by atoms with Crippen LogP contribution in [0.5, 0.6) is 0 Å². The van der Waals surface area contributed by atoms with Crippen LogP contribution in [0.25, 0.3) is 0 Å². The highest BCUT2D eigenvalue weighted by atomic mass is 16.5. The van der Waals surface area contributed by atoms with Gasteiger partial charge in [-0.05, 0) is 26.8 Å². The van der Waals surface area contributed by atoms with E-state index in [0.29, 0.717) is 6.04 Å². The molecule has 2 N–H and O–H groups in total. The Kier molecular flexibility index (Phi) is 5.96. The Labute approximate surface area is 90.6 Å². The summed E-state index contributed by atoms with van der Waals surface area (Å²) in [5.41, 5.74) is 0. The maximum atomic E-state index is 5.31. The average Bonchev–Trinajstić information content (AvgIpc) is 2.74. The van der Waals surface area contributed by atoms with Gasteiger partial charge in [-0.1, -0.05) is 0 Å². The van der Waals surface area contributed by atoms with Gasteiger partial charge in [-0.3, -0.25) is 5.10 Å². The standard InChI is InChI=1S/C10H20N4O/c1-3-15-7-9(2)11-6-4-5-10-12-8-13-14-10/h8-9,11H,3-7H2,1-2H3,(H,12,13,14). The van der Waals surface area contributed by atoms with Crippen LogP contribution in [0.15, 0.2) is 6.33 Å². The molecule has 0 bridgehead atoms. The highest BCUT2D eigenvalue weighted by Crippen LogP contribution is 1.92. The van der Waals surface area contributed by atoms with Crippen molar-refractivity contribution in [1.29, 1.82) is 0 Å². The molecular formula is C10H20N4O. The molecule has 1 unspecified atom stereocenters. The van der Waals surface area contributed by atoms with Crippen molar-refractivity contribution in [2.24, 2.45) is 0 Å². The van der Waals surface area contributed by atoms with Crippen LogP contribution in [0, 0.1) is 0 Å². The summed E-state index contributed by atoms with van der Waals surface area (Å²) in [5.74, 6) is 0.953. The lowest BCUT2D eigenvalue weighted by atomic mass is 10.2. The molecule has 0 aliphatic heterocycles. The number of nitrogens with one attached hydrogen (secondary N) is 2. The van der Waals surface area contributed by atoms with Gasteiger partial charge in [0.15, 0.2) is 0 Å². The van der Waals surface area contributed by atoms with Crippen molar-refractivity contribution < 1.29 is 4.74 Å². The molecule has 5 nitrogen and oxygen atoms in total. The van der Waals surface area contributed by atoms with Gasteiger partial charge in [-0.2, -0.15) is 5.10 Å². The van der Waals surface area contributed by atoms with Crippen molar-refractivity contribution in [2.45, 2.75) is 32.7 Å². The van der Waals surface area contributed by atoms with Crippen molar-refractivity contribution in [3.63, 3.8) is 0 Å². The molecule has 0 fully saturated rings. The number of aromatic amines is 1. The second kappa shape index (κ2) is 7.36. The summed E-state index contributed by atoms with van der Waals surface area (Å²) < 4.78 is 5.31. The number of hydrogen-bond donors (Lipinski definition) is 2. The normalized spacial score (nSPS) is 12.9. The SMILES string of the molecule is CCOCC(C)NCCCc1ncn[nH]1. The number of aryl methyl sites for hydroxylation is 1. The van der Waals surface area contributed by atoms with Crippen molar-refractivity contribution in [1.82, 2.24) is 20.5 Å². The maximum absolute atomic E-state index is 5.31. The molecular weight excluding hydrogens is 192 g/mol. The summed E-state index contributed by atoms with van der Waals surface area (Å²) in [6.07, 6.45) is 3.54. The summed E-state index contributed by atoms with van der Waals surface area (Å²) in [4.78, 5) is 4.06. The number of H-pyrrole nitrogens is 1. The summed E-state index contributed by atoms with van der Waals surface area (Å²) in [7, 11) is 0. The molecule has 0 aliphatic rings. The topological polar surface area (TPSA) is 62.8 Å². The molecule has 5 heteroatoms. The first kappa shape index (κ1) is 12.1. The van der Waals surface area contributed by atoms with Crippen LogP contribution in [-0.2, 0) is 11.2 Å². The van der Waals surface area contributed by atoms with Crippen molar-refractivity contribution in [3.05, 3.63) is 12.2 Å². The molecule has 0 saturated heterocycles. The molecule has 1 aromatic rings. The lowest BCUT2D eigenvalue weighted by molar-refractivity contribution is 0.127. The monoisotopic (exact) mass is 212 g/mol. The molecule has 1 atom stereocenters. The molecule has 0 radical (unpaired) electrons. The van der Waals surface area contributed by atoms with Gasteiger partial charge in [0.2, 0.25) is 0 Å². The predicted octanol–water partition coefficient (Wildman–Crippen LogP) is 0.752. The Morgan fingerprint density at radius 3 is 3.13 bits per heavy atom. The van der Waals surface area contributed by atoms with Gasteiger partial charge in [-0.25, -0.2) is 4.98 Å². The fraction of sp³-hybridized carbons (Fsp3) is 0.800. The van der Waals surface area contributed by atoms with Gasteiger partial charge in [0.05, 0.1) is 6.61 Å². The molecule has 0 spiro atoms. The van der Waals surface area contributed by atoms with Crippen LogP contribution in [0.4, 0.5) is 0 Å². The molecule has 86 valence electrons. The zero-order chi connectivity index (χ0) is 10.9. The Hall–Kier alpha value is -0.940. The predicted molar refractivity (Wildman–Crippen MR) is 58.7 cm³/mol. The summed E-state index contributed by atoms with van der Waals surface area (Å²) in [6, 6.07) is 0.416. The van der Waals surface area contributed by atoms with Crippen molar-refractivity contribution in [3.8, 4) is 0 Å². The zero-order valence-corrected chi connectivity index (χ0v) is 9.49. The van der Waals surface area contributed by atoms with E-state index in [9.17, 15) is 0 Å². The van der Waals surface area contributed by atoms with E-state index in [1.807, 2.05) is 6.92 Å². The minimum Gasteiger partial charge on any atom is -0.380 e. The highest BCUT2D eigenvalue weighted by molar-refractivity contribution is 4.79. The third kappa shape index (κ3) is 5.49. The summed E-state index contributed by atoms with van der Waals surface area (Å²) >= 11 is 0. The van der Waals surface area contributed by atoms with Gasteiger partial charge >= 0.3 is 0 Å². The lowest BCUT2D eigenvalue weighted by Gasteiger charge is -2.12. The Balaban J connectivity index is 1.97. The van der Waals surface area contributed by atoms with Crippen LogP contribution in [0.2, 0.25) is 0 Å². The molecule has 15 heavy (non-hydrogen) atoms. The number of rotatable bonds is 8. The fourth-order valence-corrected chi connectivity index (χ4v) is 1.31. The van der Waals surface area contributed by atoms with Gasteiger partial charge in [0.1, 0.15) is 12.2 Å². The molecule has 1 heterocycles. The minimum atomic E-state index is 0.416. The van der Waals surface area contributed by atoms with Crippen LogP contribution in [0.1, 0.15) is 26.1 Å². The number of aromatic nitrogens is 3. The third-order valence-corrected chi connectivity index (χ3v) is 2.12. The van der Waals surface area contributed by atoms with Crippen LogP contribution in [-0.4, -0.2) is 41.0 Å². The summed E-state index contributed by atoms with van der Waals surface area (Å²) in [6.45, 7) is 6.68. The number of ether oxygens (including phenoxy) is 1. The van der Waals surface area contributed by atoms with E-state index in [0.717, 1.165) is 38.4 Å². The van der Waals surface area contributed by atoms with E-state index >= 15 is 0 Å². The molecule has 0 amide bonds. The van der Waals surface area contributed by atoms with Gasteiger partial charge in [0, 0.05) is 19.1 Å². The van der Waals surface area contributed by atoms with E-state index in [4.69, 9.17) is 4.74 Å². The minimum absolute atomic E-state index is 0.416. The Morgan fingerprint density at radius 1 is 1.60 bits per heavy atom. The molecule has 0 saturated carbocycles. The van der Waals surface area contributed by atoms with E-state index in [1.165, 1.54) is 0 Å². The van der Waals surface area contributed by atoms with Gasteiger partial charge in [-0.15, -0.1) is 0 Å². The van der Waals surface area contributed by atoms with E-state index in [-0.39, 0.29) is 0 Å². The molecule has 1 rings (SSSR count). The second-order valence-electron chi connectivity index (χ2n) is 3.55. The quantitative estimate of drug-likeness (QED) is 0.624. The fourth-order valence-electron chi connectivity index (χ4n) is 1.31. The Morgan fingerprint density at radius 2 is 2.47 bits per heavy atom. The van der Waals surface area contributed by atoms with Crippen LogP contribution >= 0.6 is 0 Å². The average molecular weight is 212 g/mol. The molecule has 0 aromatic carbocycles. The first-order chi connectivity index (χ1) is 7.33. The summed E-state index contributed by atoms with van der Waals surface area (Å²) in [5, 5.41) is 10.0. The van der Waals surface area contributed by atoms with Crippen molar-refractivity contribution in [2.75, 3.05) is 19.8 Å². The number of nitrogens with zero attached hydrogens (tertiary/aromatic N) is 2. The smallest absolute Gasteiger partial charge is 0.137 e. The van der Waals surface area contributed by atoms with E-state index < -0.39 is 0 Å². The third-order valence-electron chi connectivity index (χ3n) is 2.12. The first-order valence-corrected chi connectivity index (χ1v) is 5.48. The van der Waals surface area contributed by atoms with Crippen LogP contribution < -0.4 is 5.32 Å². The van der Waals surface area contributed by atoms with E-state index in [1.54, 1.807) is 6.33 Å².